The predicted molar refractivity (Wildman–Crippen MR) is 141 cm³/mol. The van der Waals surface area contributed by atoms with Gasteiger partial charge < -0.3 is 11.1 Å². The summed E-state index contributed by atoms with van der Waals surface area (Å²) < 4.78 is 25.5. The molecule has 1 aliphatic heterocycles. The number of likely N-dealkylation sites (tertiary alicyclic amines) is 1. The molecule has 1 aromatic carbocycles. The highest BCUT2D eigenvalue weighted by molar-refractivity contribution is 7.88. The Labute approximate surface area is 213 Å². The van der Waals surface area contributed by atoms with Crippen molar-refractivity contribution >= 4 is 27.5 Å². The van der Waals surface area contributed by atoms with E-state index < -0.39 is 22.1 Å². The van der Waals surface area contributed by atoms with Gasteiger partial charge >= 0.3 is 0 Å². The second-order valence-corrected chi connectivity index (χ2v) is 11.4. The molecule has 1 amide bonds. The van der Waals surface area contributed by atoms with Crippen LogP contribution in [0.3, 0.4) is 0 Å². The highest BCUT2D eigenvalue weighted by atomic mass is 32.2. The summed E-state index contributed by atoms with van der Waals surface area (Å²) >= 11 is 0. The summed E-state index contributed by atoms with van der Waals surface area (Å²) in [4.78, 5) is 32.4. The number of carbonyl (C=O) groups excluding carboxylic acids is 2. The first-order chi connectivity index (χ1) is 17.0. The molecule has 0 unspecified atom stereocenters. The Hall–Kier alpha value is -2.82. The van der Waals surface area contributed by atoms with Crippen molar-refractivity contribution in [2.24, 2.45) is 0 Å². The van der Waals surface area contributed by atoms with Gasteiger partial charge in [0.05, 0.1) is 18.3 Å². The van der Waals surface area contributed by atoms with E-state index in [9.17, 15) is 18.0 Å². The summed E-state index contributed by atoms with van der Waals surface area (Å²) in [5.41, 5.74) is 8.64. The van der Waals surface area contributed by atoms with E-state index in [2.05, 4.69) is 27.2 Å². The summed E-state index contributed by atoms with van der Waals surface area (Å²) in [5.74, 6) is 0.398. The lowest BCUT2D eigenvalue weighted by Gasteiger charge is -2.39. The Kier molecular flexibility index (Phi) is 9.58. The van der Waals surface area contributed by atoms with Gasteiger partial charge in [0.15, 0.2) is 5.78 Å². The minimum atomic E-state index is -3.31. The van der Waals surface area contributed by atoms with Gasteiger partial charge in [0.1, 0.15) is 5.82 Å². The largest absolute Gasteiger partial charge is 0.384 e. The molecule has 196 valence electrons. The Bertz CT molecular complexity index is 1160. The molecule has 0 radical (unpaired) electrons. The lowest BCUT2D eigenvalue weighted by atomic mass is 9.85. The van der Waals surface area contributed by atoms with Crippen LogP contribution in [0.15, 0.2) is 42.5 Å². The van der Waals surface area contributed by atoms with Crippen LogP contribution in [-0.2, 0) is 26.0 Å². The highest BCUT2D eigenvalue weighted by Crippen LogP contribution is 2.31. The number of amides is 1. The molecule has 36 heavy (non-hydrogen) atoms. The van der Waals surface area contributed by atoms with E-state index in [1.807, 2.05) is 36.1 Å². The average Bonchev–Trinajstić information content (AvgIpc) is 2.83. The van der Waals surface area contributed by atoms with Gasteiger partial charge in [-0.05, 0) is 62.8 Å². The summed E-state index contributed by atoms with van der Waals surface area (Å²) in [6, 6.07) is 12.6. The number of nitrogens with zero attached hydrogens (tertiary/aromatic N) is 2. The number of Topliss-reactive ketones (excluding diaryl/α,β-unsaturated/α-hetero) is 1. The van der Waals surface area contributed by atoms with Crippen molar-refractivity contribution in [3.05, 3.63) is 59.3 Å². The van der Waals surface area contributed by atoms with Crippen LogP contribution < -0.4 is 15.8 Å². The fourth-order valence-corrected chi connectivity index (χ4v) is 5.16. The number of nitrogens with two attached hydrogens (primary N) is 1. The molecule has 1 aromatic heterocycles. The number of pyridine rings is 1. The number of hydrogen-bond acceptors (Lipinski definition) is 7. The van der Waals surface area contributed by atoms with Gasteiger partial charge in [-0.3, -0.25) is 14.5 Å². The highest BCUT2D eigenvalue weighted by Gasteiger charge is 2.34. The monoisotopic (exact) mass is 515 g/mol. The minimum Gasteiger partial charge on any atom is -0.384 e. The number of nitrogen functional groups attached to an aromatic ring is 1. The van der Waals surface area contributed by atoms with Crippen molar-refractivity contribution in [3.8, 4) is 0 Å². The zero-order valence-electron chi connectivity index (χ0n) is 21.2. The SMILES string of the molecule is Cc1nc(N)ccc1CCC(=O)[C@H](C)NC(=O)[C@H]1C[C@@H](c2ccccc2)CCN1CCNS(C)(=O)=O. The van der Waals surface area contributed by atoms with E-state index >= 15 is 0 Å². The van der Waals surface area contributed by atoms with Crippen molar-refractivity contribution < 1.29 is 18.0 Å². The molecule has 3 rings (SSSR count). The first-order valence-electron chi connectivity index (χ1n) is 12.3. The molecule has 10 heteroatoms. The lowest BCUT2D eigenvalue weighted by Crippen LogP contribution is -2.55. The van der Waals surface area contributed by atoms with Crippen molar-refractivity contribution in [1.29, 1.82) is 0 Å². The number of ketones is 1. The molecule has 4 N–H and O–H groups in total. The Morgan fingerprint density at radius 3 is 2.58 bits per heavy atom. The van der Waals surface area contributed by atoms with Crippen LogP contribution in [0.1, 0.15) is 48.9 Å². The van der Waals surface area contributed by atoms with Crippen LogP contribution in [0, 0.1) is 6.92 Å². The fraction of sp³-hybridized carbons (Fsp3) is 0.500. The minimum absolute atomic E-state index is 0.0553. The van der Waals surface area contributed by atoms with Crippen LogP contribution in [0.5, 0.6) is 0 Å². The topological polar surface area (TPSA) is 134 Å². The number of rotatable bonds is 11. The van der Waals surface area contributed by atoms with E-state index in [1.165, 1.54) is 5.56 Å². The third-order valence-electron chi connectivity index (χ3n) is 6.75. The van der Waals surface area contributed by atoms with E-state index in [4.69, 9.17) is 5.73 Å². The second kappa shape index (κ2) is 12.4. The maximum absolute atomic E-state index is 13.4. The summed E-state index contributed by atoms with van der Waals surface area (Å²) in [6.07, 6.45) is 3.41. The maximum atomic E-state index is 13.4. The fourth-order valence-electron chi connectivity index (χ4n) is 4.69. The maximum Gasteiger partial charge on any atom is 0.237 e. The molecule has 1 saturated heterocycles. The number of benzene rings is 1. The quantitative estimate of drug-likeness (QED) is 0.415. The van der Waals surface area contributed by atoms with Crippen LogP contribution in [-0.4, -0.2) is 68.0 Å². The molecule has 9 nitrogen and oxygen atoms in total. The lowest BCUT2D eigenvalue weighted by molar-refractivity contribution is -0.132. The molecule has 0 saturated carbocycles. The number of hydrogen-bond donors (Lipinski definition) is 3. The summed E-state index contributed by atoms with van der Waals surface area (Å²) in [6.45, 7) is 4.87. The van der Waals surface area contributed by atoms with Gasteiger partial charge in [0.2, 0.25) is 15.9 Å². The Morgan fingerprint density at radius 2 is 1.92 bits per heavy atom. The third kappa shape index (κ3) is 8.11. The van der Waals surface area contributed by atoms with Crippen molar-refractivity contribution in [3.63, 3.8) is 0 Å². The van der Waals surface area contributed by atoms with Gasteiger partial charge in [0, 0.05) is 25.2 Å². The van der Waals surface area contributed by atoms with Gasteiger partial charge in [0.25, 0.3) is 0 Å². The number of carbonyl (C=O) groups is 2. The molecule has 2 aromatic rings. The second-order valence-electron chi connectivity index (χ2n) is 9.53. The van der Waals surface area contributed by atoms with Gasteiger partial charge in [-0.15, -0.1) is 0 Å². The average molecular weight is 516 g/mol. The normalized spacial score (nSPS) is 19.5. The number of nitrogens with one attached hydrogen (secondary N) is 2. The van der Waals surface area contributed by atoms with Crippen LogP contribution in [0.4, 0.5) is 5.82 Å². The molecular weight excluding hydrogens is 478 g/mol. The van der Waals surface area contributed by atoms with E-state index in [-0.39, 0.29) is 30.6 Å². The van der Waals surface area contributed by atoms with Crippen LogP contribution in [0.2, 0.25) is 0 Å². The first-order valence-corrected chi connectivity index (χ1v) is 14.2. The smallest absolute Gasteiger partial charge is 0.237 e. The van der Waals surface area contributed by atoms with Gasteiger partial charge in [-0.1, -0.05) is 36.4 Å². The number of sulfonamides is 1. The van der Waals surface area contributed by atoms with E-state index in [0.29, 0.717) is 31.7 Å². The van der Waals surface area contributed by atoms with Gasteiger partial charge in [-0.2, -0.15) is 0 Å². The Balaban J connectivity index is 1.63. The van der Waals surface area contributed by atoms with Crippen LogP contribution >= 0.6 is 0 Å². The standard InChI is InChI=1S/C26H37N5O4S/c1-18-20(10-12-25(27)29-18)9-11-24(32)19(2)30-26(33)23-17-22(21-7-5-4-6-8-21)13-15-31(23)16-14-28-36(3,34)35/h4-8,10,12,19,22-23,28H,9,11,13-17H2,1-3H3,(H2,27,29)(H,30,33)/t19-,22-,23+/m0/s1. The number of anilines is 1. The van der Waals surface area contributed by atoms with E-state index in [0.717, 1.165) is 23.9 Å². The molecule has 0 bridgehead atoms. The zero-order chi connectivity index (χ0) is 26.3. The van der Waals surface area contributed by atoms with Crippen molar-refractivity contribution in [2.75, 3.05) is 31.6 Å². The van der Waals surface area contributed by atoms with E-state index in [1.54, 1.807) is 13.0 Å². The molecular formula is C26H37N5O4S. The molecule has 1 aliphatic rings. The summed E-state index contributed by atoms with van der Waals surface area (Å²) in [5, 5.41) is 2.91. The molecule has 3 atom stereocenters. The number of aryl methyl sites for hydroxylation is 2. The summed E-state index contributed by atoms with van der Waals surface area (Å²) in [7, 11) is -3.31. The van der Waals surface area contributed by atoms with Crippen molar-refractivity contribution in [2.45, 2.75) is 57.5 Å². The van der Waals surface area contributed by atoms with Crippen molar-refractivity contribution in [1.82, 2.24) is 19.9 Å². The molecule has 2 heterocycles. The molecule has 0 aliphatic carbocycles. The molecule has 0 spiro atoms. The predicted octanol–water partition coefficient (Wildman–Crippen LogP) is 1.78. The number of aromatic nitrogens is 1. The number of piperidine rings is 1. The van der Waals surface area contributed by atoms with Gasteiger partial charge in [-0.25, -0.2) is 18.1 Å². The third-order valence-corrected chi connectivity index (χ3v) is 7.48. The van der Waals surface area contributed by atoms with Crippen LogP contribution in [0.25, 0.3) is 0 Å². The zero-order valence-corrected chi connectivity index (χ0v) is 22.1. The Morgan fingerprint density at radius 1 is 1.19 bits per heavy atom. The first kappa shape index (κ1) is 27.8. The molecule has 1 fully saturated rings.